The van der Waals surface area contributed by atoms with Gasteiger partial charge < -0.3 is 15.0 Å². The summed E-state index contributed by atoms with van der Waals surface area (Å²) in [6.07, 6.45) is 0.357. The van der Waals surface area contributed by atoms with E-state index < -0.39 is 28.5 Å². The number of ether oxygens (including phenoxy) is 1. The third-order valence-corrected chi connectivity index (χ3v) is 8.52. The van der Waals surface area contributed by atoms with E-state index in [-0.39, 0.29) is 17.3 Å². The van der Waals surface area contributed by atoms with Crippen LogP contribution in [-0.2, 0) is 26.2 Å². The Bertz CT molecular complexity index is 1440. The first-order chi connectivity index (χ1) is 19.0. The zero-order valence-corrected chi connectivity index (χ0v) is 24.9. The molecule has 1 N–H and O–H groups in total. The van der Waals surface area contributed by atoms with Gasteiger partial charge in [-0.2, -0.15) is 0 Å². The van der Waals surface area contributed by atoms with Crippen molar-refractivity contribution in [2.45, 2.75) is 58.5 Å². The largest absolute Gasteiger partial charge is 0.497 e. The van der Waals surface area contributed by atoms with E-state index in [2.05, 4.69) is 5.32 Å². The summed E-state index contributed by atoms with van der Waals surface area (Å²) in [4.78, 5) is 28.8. The molecule has 0 saturated carbocycles. The third kappa shape index (κ3) is 7.21. The molecule has 9 heteroatoms. The summed E-state index contributed by atoms with van der Waals surface area (Å²) in [6, 6.07) is 18.5. The van der Waals surface area contributed by atoms with E-state index in [1.807, 2.05) is 58.9 Å². The molecule has 0 aliphatic carbocycles. The maximum atomic E-state index is 14.1. The molecule has 3 rings (SSSR count). The normalized spacial score (nSPS) is 11.9. The number of likely N-dealkylation sites (N-methyl/N-ethyl adjacent to an activating group) is 1. The fourth-order valence-electron chi connectivity index (χ4n) is 4.52. The molecule has 3 aromatic rings. The SMILES string of the molecule is CCNC(=O)[C@H](CC)N(Cc1cccc(OC)c1)C(=O)CN(c1cc(C)ccc1C)S(=O)(=O)c1ccc(C)cc1. The van der Waals surface area contributed by atoms with E-state index in [0.29, 0.717) is 30.0 Å². The first kappa shape index (κ1) is 30.7. The lowest BCUT2D eigenvalue weighted by atomic mass is 10.1. The lowest BCUT2D eigenvalue weighted by Gasteiger charge is -2.33. The molecule has 214 valence electrons. The number of amides is 2. The standard InChI is InChI=1S/C31H39N3O5S/c1-7-28(31(36)32-8-2)33(20-25-10-9-11-26(19-25)39-6)30(35)21-34(29-18-23(4)12-15-24(29)5)40(37,38)27-16-13-22(3)14-17-27/h9-19,28H,7-8,20-21H2,1-6H3,(H,32,36)/t28-/m0/s1. The average Bonchev–Trinajstić information content (AvgIpc) is 2.93. The van der Waals surface area contributed by atoms with Crippen LogP contribution in [0.25, 0.3) is 0 Å². The van der Waals surface area contributed by atoms with Gasteiger partial charge in [0.15, 0.2) is 0 Å². The van der Waals surface area contributed by atoms with E-state index in [4.69, 9.17) is 4.74 Å². The van der Waals surface area contributed by atoms with Crippen molar-refractivity contribution in [1.29, 1.82) is 0 Å². The van der Waals surface area contributed by atoms with Crippen LogP contribution in [0.2, 0.25) is 0 Å². The molecule has 3 aromatic carbocycles. The number of sulfonamides is 1. The van der Waals surface area contributed by atoms with Crippen LogP contribution in [0.4, 0.5) is 5.69 Å². The summed E-state index contributed by atoms with van der Waals surface area (Å²) in [5.74, 6) is -0.159. The predicted molar refractivity (Wildman–Crippen MR) is 158 cm³/mol. The van der Waals surface area contributed by atoms with Crippen LogP contribution >= 0.6 is 0 Å². The molecule has 0 bridgehead atoms. The molecule has 0 aliphatic heterocycles. The van der Waals surface area contributed by atoms with Crippen molar-refractivity contribution in [1.82, 2.24) is 10.2 Å². The summed E-state index contributed by atoms with van der Waals surface area (Å²) in [7, 11) is -2.56. The quantitative estimate of drug-likeness (QED) is 0.342. The molecule has 1 atom stereocenters. The number of benzene rings is 3. The lowest BCUT2D eigenvalue weighted by molar-refractivity contribution is -0.140. The number of carbonyl (C=O) groups is 2. The molecule has 8 nitrogen and oxygen atoms in total. The van der Waals surface area contributed by atoms with Crippen LogP contribution in [0, 0.1) is 20.8 Å². The molecule has 0 heterocycles. The summed E-state index contributed by atoms with van der Waals surface area (Å²) in [5, 5.41) is 2.81. The number of carbonyl (C=O) groups excluding carboxylic acids is 2. The highest BCUT2D eigenvalue weighted by Gasteiger charge is 2.34. The van der Waals surface area contributed by atoms with Crippen molar-refractivity contribution >= 4 is 27.5 Å². The molecule has 40 heavy (non-hydrogen) atoms. The van der Waals surface area contributed by atoms with Gasteiger partial charge in [-0.3, -0.25) is 13.9 Å². The minimum Gasteiger partial charge on any atom is -0.497 e. The molecular weight excluding hydrogens is 526 g/mol. The van der Waals surface area contributed by atoms with Crippen LogP contribution in [0.1, 0.15) is 42.5 Å². The van der Waals surface area contributed by atoms with Crippen molar-refractivity contribution in [3.05, 3.63) is 89.0 Å². The second-order valence-corrected chi connectivity index (χ2v) is 11.7. The highest BCUT2D eigenvalue weighted by Crippen LogP contribution is 2.29. The fraction of sp³-hybridized carbons (Fsp3) is 0.355. The van der Waals surface area contributed by atoms with Gasteiger partial charge >= 0.3 is 0 Å². The molecule has 0 spiro atoms. The molecule has 0 saturated heterocycles. The second-order valence-electron chi connectivity index (χ2n) is 9.81. The number of nitrogens with zero attached hydrogens (tertiary/aromatic N) is 2. The molecular formula is C31H39N3O5S. The fourth-order valence-corrected chi connectivity index (χ4v) is 5.99. The van der Waals surface area contributed by atoms with E-state index in [1.165, 1.54) is 4.90 Å². The topological polar surface area (TPSA) is 96.0 Å². The van der Waals surface area contributed by atoms with E-state index in [9.17, 15) is 18.0 Å². The van der Waals surface area contributed by atoms with Gasteiger partial charge in [0.2, 0.25) is 11.8 Å². The van der Waals surface area contributed by atoms with Crippen molar-refractivity contribution in [2.24, 2.45) is 0 Å². The summed E-state index contributed by atoms with van der Waals surface area (Å²) >= 11 is 0. The van der Waals surface area contributed by atoms with Gasteiger partial charge in [-0.15, -0.1) is 0 Å². The Hall–Kier alpha value is -3.85. The van der Waals surface area contributed by atoms with Crippen LogP contribution in [0.3, 0.4) is 0 Å². The van der Waals surface area contributed by atoms with Gasteiger partial charge in [0, 0.05) is 13.1 Å². The zero-order chi connectivity index (χ0) is 29.4. The molecule has 2 amide bonds. The third-order valence-electron chi connectivity index (χ3n) is 6.75. The average molecular weight is 566 g/mol. The molecule has 0 unspecified atom stereocenters. The maximum absolute atomic E-state index is 14.1. The Kier molecular flexibility index (Phi) is 10.3. The number of rotatable bonds is 12. The maximum Gasteiger partial charge on any atom is 0.264 e. The zero-order valence-electron chi connectivity index (χ0n) is 24.1. The number of hydrogen-bond acceptors (Lipinski definition) is 5. The van der Waals surface area contributed by atoms with Crippen LogP contribution in [0.5, 0.6) is 5.75 Å². The van der Waals surface area contributed by atoms with Gasteiger partial charge in [0.25, 0.3) is 10.0 Å². The molecule has 0 fully saturated rings. The number of methoxy groups -OCH3 is 1. The second kappa shape index (κ2) is 13.5. The van der Waals surface area contributed by atoms with Gasteiger partial charge in [0.1, 0.15) is 18.3 Å². The van der Waals surface area contributed by atoms with Crippen LogP contribution in [0.15, 0.2) is 71.6 Å². The number of hydrogen-bond donors (Lipinski definition) is 1. The first-order valence-electron chi connectivity index (χ1n) is 13.4. The van der Waals surface area contributed by atoms with Crippen LogP contribution in [-0.4, -0.2) is 51.4 Å². The van der Waals surface area contributed by atoms with E-state index in [1.54, 1.807) is 49.6 Å². The van der Waals surface area contributed by atoms with Crippen LogP contribution < -0.4 is 14.4 Å². The Balaban J connectivity index is 2.11. The summed E-state index contributed by atoms with van der Waals surface area (Å²) in [5.41, 5.74) is 3.67. The number of aryl methyl sites for hydroxylation is 3. The lowest BCUT2D eigenvalue weighted by Crippen LogP contribution is -2.52. The first-order valence-corrected chi connectivity index (χ1v) is 14.8. The molecule has 0 radical (unpaired) electrons. The van der Waals surface area contributed by atoms with Gasteiger partial charge in [-0.25, -0.2) is 8.42 Å². The van der Waals surface area contributed by atoms with Gasteiger partial charge in [-0.1, -0.05) is 48.9 Å². The highest BCUT2D eigenvalue weighted by molar-refractivity contribution is 7.92. The number of nitrogens with one attached hydrogen (secondary N) is 1. The van der Waals surface area contributed by atoms with Crippen molar-refractivity contribution in [3.8, 4) is 5.75 Å². The smallest absolute Gasteiger partial charge is 0.264 e. The Labute approximate surface area is 238 Å². The van der Waals surface area contributed by atoms with Crippen molar-refractivity contribution < 1.29 is 22.7 Å². The van der Waals surface area contributed by atoms with Crippen molar-refractivity contribution in [3.63, 3.8) is 0 Å². The van der Waals surface area contributed by atoms with Gasteiger partial charge in [0.05, 0.1) is 17.7 Å². The van der Waals surface area contributed by atoms with E-state index >= 15 is 0 Å². The van der Waals surface area contributed by atoms with E-state index in [0.717, 1.165) is 21.0 Å². The Morgan fingerprint density at radius 3 is 2.23 bits per heavy atom. The Morgan fingerprint density at radius 1 is 0.925 bits per heavy atom. The molecule has 0 aromatic heterocycles. The monoisotopic (exact) mass is 565 g/mol. The number of anilines is 1. The predicted octanol–water partition coefficient (Wildman–Crippen LogP) is 4.76. The summed E-state index contributed by atoms with van der Waals surface area (Å²) in [6.45, 7) is 9.26. The van der Waals surface area contributed by atoms with Gasteiger partial charge in [-0.05, 0) is 81.1 Å². The van der Waals surface area contributed by atoms with Crippen molar-refractivity contribution in [2.75, 3.05) is 24.5 Å². The Morgan fingerprint density at radius 2 is 1.60 bits per heavy atom. The summed E-state index contributed by atoms with van der Waals surface area (Å²) < 4.78 is 34.6. The molecule has 0 aliphatic rings. The minimum atomic E-state index is -4.12. The highest BCUT2D eigenvalue weighted by atomic mass is 32.2. The minimum absolute atomic E-state index is 0.0851.